The molecule has 0 aromatic heterocycles. The summed E-state index contributed by atoms with van der Waals surface area (Å²) in [5.74, 6) is 0.520. The molecule has 86 valence electrons. The minimum atomic E-state index is -0.392. The molecular weight excluding hydrogens is 208 g/mol. The number of aromatic hydroxyl groups is 1. The Hall–Kier alpha value is -1.62. The SMILES string of the molecule is O=[N+]([O-])c1ccc(O)cc1CC1CCNC1. The van der Waals surface area contributed by atoms with Crippen LogP contribution in [0.15, 0.2) is 18.2 Å². The van der Waals surface area contributed by atoms with Gasteiger partial charge in [-0.1, -0.05) is 0 Å². The number of nitrogens with one attached hydrogen (secondary N) is 1. The van der Waals surface area contributed by atoms with Crippen LogP contribution in [0, 0.1) is 16.0 Å². The first-order valence-electron chi connectivity index (χ1n) is 5.34. The highest BCUT2D eigenvalue weighted by atomic mass is 16.6. The Kier molecular flexibility index (Phi) is 3.05. The summed E-state index contributed by atoms with van der Waals surface area (Å²) in [6, 6.07) is 4.22. The van der Waals surface area contributed by atoms with Crippen LogP contribution >= 0.6 is 0 Å². The van der Waals surface area contributed by atoms with Gasteiger partial charge in [0.1, 0.15) is 5.75 Å². The Morgan fingerprint density at radius 3 is 3.00 bits per heavy atom. The zero-order valence-electron chi connectivity index (χ0n) is 8.85. The smallest absolute Gasteiger partial charge is 0.272 e. The third kappa shape index (κ3) is 2.30. The van der Waals surface area contributed by atoms with Crippen LogP contribution in [-0.2, 0) is 6.42 Å². The van der Waals surface area contributed by atoms with E-state index in [2.05, 4.69) is 5.32 Å². The molecule has 1 heterocycles. The van der Waals surface area contributed by atoms with E-state index in [-0.39, 0.29) is 11.4 Å². The Balaban J connectivity index is 2.22. The largest absolute Gasteiger partial charge is 0.508 e. The number of benzene rings is 1. The first-order chi connectivity index (χ1) is 7.66. The summed E-state index contributed by atoms with van der Waals surface area (Å²) < 4.78 is 0. The van der Waals surface area contributed by atoms with Gasteiger partial charge in [0.05, 0.1) is 4.92 Å². The standard InChI is InChI=1S/C11H14N2O3/c14-10-1-2-11(13(15)16)9(6-10)5-8-3-4-12-7-8/h1-2,6,8,12,14H,3-5,7H2. The maximum absolute atomic E-state index is 10.8. The number of phenols is 1. The lowest BCUT2D eigenvalue weighted by molar-refractivity contribution is -0.385. The molecule has 0 aliphatic carbocycles. The highest BCUT2D eigenvalue weighted by Gasteiger charge is 2.20. The molecule has 1 aliphatic rings. The fraction of sp³-hybridized carbons (Fsp3) is 0.455. The van der Waals surface area contributed by atoms with Crippen LogP contribution in [-0.4, -0.2) is 23.1 Å². The lowest BCUT2D eigenvalue weighted by atomic mass is 9.97. The van der Waals surface area contributed by atoms with Crippen molar-refractivity contribution in [2.24, 2.45) is 5.92 Å². The van der Waals surface area contributed by atoms with Crippen LogP contribution < -0.4 is 5.32 Å². The lowest BCUT2D eigenvalue weighted by Gasteiger charge is -2.08. The van der Waals surface area contributed by atoms with Crippen molar-refractivity contribution in [3.8, 4) is 5.75 Å². The highest BCUT2D eigenvalue weighted by Crippen LogP contribution is 2.27. The summed E-state index contributed by atoms with van der Waals surface area (Å²) in [6.07, 6.45) is 1.69. The van der Waals surface area contributed by atoms with Crippen molar-refractivity contribution >= 4 is 5.69 Å². The molecule has 1 saturated heterocycles. The van der Waals surface area contributed by atoms with E-state index in [1.165, 1.54) is 18.2 Å². The van der Waals surface area contributed by atoms with Gasteiger partial charge in [0, 0.05) is 11.6 Å². The molecule has 0 amide bonds. The van der Waals surface area contributed by atoms with Gasteiger partial charge in [-0.25, -0.2) is 0 Å². The summed E-state index contributed by atoms with van der Waals surface area (Å²) in [5, 5.41) is 23.4. The average molecular weight is 222 g/mol. The third-order valence-electron chi connectivity index (χ3n) is 2.93. The topological polar surface area (TPSA) is 75.4 Å². The Labute approximate surface area is 93.2 Å². The fourth-order valence-electron chi connectivity index (χ4n) is 2.11. The van der Waals surface area contributed by atoms with Crippen LogP contribution in [0.25, 0.3) is 0 Å². The van der Waals surface area contributed by atoms with E-state index in [1.54, 1.807) is 0 Å². The monoisotopic (exact) mass is 222 g/mol. The molecule has 2 rings (SSSR count). The third-order valence-corrected chi connectivity index (χ3v) is 2.93. The normalized spacial score (nSPS) is 19.9. The molecule has 1 aliphatic heterocycles. The predicted octanol–water partition coefficient (Wildman–Crippen LogP) is 1.45. The number of hydrogen-bond acceptors (Lipinski definition) is 4. The number of nitrogens with zero attached hydrogens (tertiary/aromatic N) is 1. The second-order valence-corrected chi connectivity index (χ2v) is 4.13. The minimum absolute atomic E-state index is 0.0894. The van der Waals surface area contributed by atoms with Crippen LogP contribution in [0.1, 0.15) is 12.0 Å². The van der Waals surface area contributed by atoms with Gasteiger partial charge in [-0.15, -0.1) is 0 Å². The molecule has 1 aromatic rings. The first kappa shape index (κ1) is 10.9. The summed E-state index contributed by atoms with van der Waals surface area (Å²) >= 11 is 0. The molecule has 1 atom stereocenters. The molecule has 2 N–H and O–H groups in total. The number of nitro benzene ring substituents is 1. The van der Waals surface area contributed by atoms with Crippen molar-refractivity contribution in [2.45, 2.75) is 12.8 Å². The number of hydrogen-bond donors (Lipinski definition) is 2. The van der Waals surface area contributed by atoms with Gasteiger partial charge in [0.15, 0.2) is 0 Å². The predicted molar refractivity (Wildman–Crippen MR) is 59.4 cm³/mol. The summed E-state index contributed by atoms with van der Waals surface area (Å²) in [5.41, 5.74) is 0.725. The number of phenolic OH excluding ortho intramolecular Hbond substituents is 1. The summed E-state index contributed by atoms with van der Waals surface area (Å²) in [6.45, 7) is 1.87. The van der Waals surface area contributed by atoms with E-state index in [4.69, 9.17) is 0 Å². The molecule has 5 heteroatoms. The molecule has 0 bridgehead atoms. The van der Waals surface area contributed by atoms with Crippen molar-refractivity contribution in [3.05, 3.63) is 33.9 Å². The van der Waals surface area contributed by atoms with Gasteiger partial charge >= 0.3 is 0 Å². The van der Waals surface area contributed by atoms with Crippen LogP contribution in [0.5, 0.6) is 5.75 Å². The van der Waals surface area contributed by atoms with Crippen LogP contribution in [0.3, 0.4) is 0 Å². The van der Waals surface area contributed by atoms with Crippen LogP contribution in [0.4, 0.5) is 5.69 Å². The van der Waals surface area contributed by atoms with Crippen LogP contribution in [0.2, 0.25) is 0 Å². The molecule has 5 nitrogen and oxygen atoms in total. The van der Waals surface area contributed by atoms with Crippen molar-refractivity contribution < 1.29 is 10.0 Å². The van der Waals surface area contributed by atoms with Gasteiger partial charge in [0.25, 0.3) is 5.69 Å². The fourth-order valence-corrected chi connectivity index (χ4v) is 2.11. The average Bonchev–Trinajstić information content (AvgIpc) is 2.70. The Morgan fingerprint density at radius 2 is 2.38 bits per heavy atom. The van der Waals surface area contributed by atoms with E-state index in [9.17, 15) is 15.2 Å². The lowest BCUT2D eigenvalue weighted by Crippen LogP contribution is -2.11. The van der Waals surface area contributed by atoms with Gasteiger partial charge in [0.2, 0.25) is 0 Å². The first-order valence-corrected chi connectivity index (χ1v) is 5.34. The Bertz CT molecular complexity index is 400. The highest BCUT2D eigenvalue weighted by molar-refractivity contribution is 5.45. The van der Waals surface area contributed by atoms with E-state index in [0.717, 1.165) is 19.5 Å². The molecule has 0 radical (unpaired) electrons. The van der Waals surface area contributed by atoms with Crippen molar-refractivity contribution in [2.75, 3.05) is 13.1 Å². The molecule has 1 fully saturated rings. The minimum Gasteiger partial charge on any atom is -0.508 e. The van der Waals surface area contributed by atoms with E-state index in [1.807, 2.05) is 0 Å². The summed E-state index contributed by atoms with van der Waals surface area (Å²) in [4.78, 5) is 10.4. The van der Waals surface area contributed by atoms with Crippen molar-refractivity contribution in [1.29, 1.82) is 0 Å². The zero-order chi connectivity index (χ0) is 11.5. The maximum Gasteiger partial charge on any atom is 0.272 e. The maximum atomic E-state index is 10.8. The van der Waals surface area contributed by atoms with Gasteiger partial charge in [-0.05, 0) is 44.0 Å². The van der Waals surface area contributed by atoms with Crippen molar-refractivity contribution in [3.63, 3.8) is 0 Å². The van der Waals surface area contributed by atoms with Gasteiger partial charge in [-0.3, -0.25) is 10.1 Å². The molecule has 16 heavy (non-hydrogen) atoms. The molecule has 0 saturated carbocycles. The quantitative estimate of drug-likeness (QED) is 0.599. The summed E-state index contributed by atoms with van der Waals surface area (Å²) in [7, 11) is 0. The Morgan fingerprint density at radius 1 is 1.56 bits per heavy atom. The van der Waals surface area contributed by atoms with Crippen molar-refractivity contribution in [1.82, 2.24) is 5.32 Å². The second-order valence-electron chi connectivity index (χ2n) is 4.13. The van der Waals surface area contributed by atoms with E-state index < -0.39 is 4.92 Å². The second kappa shape index (κ2) is 4.49. The van der Waals surface area contributed by atoms with E-state index in [0.29, 0.717) is 17.9 Å². The molecular formula is C11H14N2O3. The zero-order valence-corrected chi connectivity index (χ0v) is 8.85. The van der Waals surface area contributed by atoms with Gasteiger partial charge < -0.3 is 10.4 Å². The molecule has 1 unspecified atom stereocenters. The number of rotatable bonds is 3. The number of nitro groups is 1. The molecule has 0 spiro atoms. The molecule has 1 aromatic carbocycles. The van der Waals surface area contributed by atoms with Gasteiger partial charge in [-0.2, -0.15) is 0 Å². The van der Waals surface area contributed by atoms with E-state index >= 15 is 0 Å².